The molecule has 0 radical (unpaired) electrons. The number of sulfonamides is 1. The second kappa shape index (κ2) is 7.18. The molecule has 0 saturated heterocycles. The second-order valence-electron chi connectivity index (χ2n) is 4.13. The topological polar surface area (TPSA) is 94.9 Å². The van der Waals surface area contributed by atoms with E-state index < -0.39 is 28.6 Å². The van der Waals surface area contributed by atoms with Crippen molar-refractivity contribution in [3.63, 3.8) is 0 Å². The van der Waals surface area contributed by atoms with E-state index in [1.54, 1.807) is 30.3 Å². The summed E-state index contributed by atoms with van der Waals surface area (Å²) < 4.78 is 25.0. The Hall–Kier alpha value is -1.70. The second-order valence-corrected chi connectivity index (χ2v) is 6.10. The molecule has 20 heavy (non-hydrogen) atoms. The maximum atomic E-state index is 12.1. The quantitative estimate of drug-likeness (QED) is 0.680. The predicted molar refractivity (Wildman–Crippen MR) is 74.5 cm³/mol. The molecule has 0 amide bonds. The van der Waals surface area contributed by atoms with E-state index in [0.29, 0.717) is 5.56 Å². The Morgan fingerprint density at radius 1 is 1.35 bits per heavy atom. The first kappa shape index (κ1) is 16.4. The van der Waals surface area contributed by atoms with Crippen LogP contribution in [-0.2, 0) is 21.4 Å². The molecule has 0 aliphatic rings. The van der Waals surface area contributed by atoms with Gasteiger partial charge in [0.05, 0.1) is 12.4 Å². The van der Waals surface area contributed by atoms with Gasteiger partial charge in [0.25, 0.3) is 0 Å². The van der Waals surface area contributed by atoms with Crippen molar-refractivity contribution in [2.45, 2.75) is 12.6 Å². The highest BCUT2D eigenvalue weighted by Gasteiger charge is 2.33. The number of carbonyl (C=O) groups is 1. The Kier molecular flexibility index (Phi) is 5.87. The highest BCUT2D eigenvalue weighted by Crippen LogP contribution is 2.14. The van der Waals surface area contributed by atoms with Crippen LogP contribution in [0.4, 0.5) is 0 Å². The number of nitrogens with zero attached hydrogens (tertiary/aromatic N) is 1. The summed E-state index contributed by atoms with van der Waals surface area (Å²) >= 11 is 0. The van der Waals surface area contributed by atoms with E-state index in [2.05, 4.69) is 6.58 Å². The molecule has 0 aliphatic carbocycles. The predicted octanol–water partition coefficient (Wildman–Crippen LogP) is 0.450. The van der Waals surface area contributed by atoms with Crippen LogP contribution in [0.2, 0.25) is 0 Å². The average Bonchev–Trinajstić information content (AvgIpc) is 2.39. The fraction of sp³-hybridized carbons (Fsp3) is 0.308. The van der Waals surface area contributed by atoms with E-state index in [1.165, 1.54) is 6.08 Å². The van der Waals surface area contributed by atoms with Gasteiger partial charge in [0, 0.05) is 6.54 Å². The van der Waals surface area contributed by atoms with Gasteiger partial charge in [-0.15, -0.1) is 6.58 Å². The zero-order valence-corrected chi connectivity index (χ0v) is 11.7. The number of aliphatic hydroxyl groups is 1. The number of carboxylic acids is 1. The van der Waals surface area contributed by atoms with Gasteiger partial charge in [-0.1, -0.05) is 36.4 Å². The Balaban J connectivity index is 3.13. The van der Waals surface area contributed by atoms with Crippen molar-refractivity contribution in [2.24, 2.45) is 0 Å². The molecule has 110 valence electrons. The minimum Gasteiger partial charge on any atom is -0.480 e. The summed E-state index contributed by atoms with van der Waals surface area (Å²) in [6.07, 6.45) is 1.18. The molecule has 2 N–H and O–H groups in total. The minimum absolute atomic E-state index is 0.117. The van der Waals surface area contributed by atoms with E-state index in [4.69, 9.17) is 10.2 Å². The van der Waals surface area contributed by atoms with Gasteiger partial charge in [-0.25, -0.2) is 8.42 Å². The van der Waals surface area contributed by atoms with E-state index in [9.17, 15) is 13.2 Å². The van der Waals surface area contributed by atoms with Gasteiger partial charge in [-0.3, -0.25) is 4.79 Å². The van der Waals surface area contributed by atoms with Crippen molar-refractivity contribution >= 4 is 16.0 Å². The van der Waals surface area contributed by atoms with E-state index >= 15 is 0 Å². The van der Waals surface area contributed by atoms with Crippen LogP contribution in [0, 0.1) is 0 Å². The lowest BCUT2D eigenvalue weighted by Crippen LogP contribution is -2.47. The summed E-state index contributed by atoms with van der Waals surface area (Å²) in [5, 5.41) is 18.2. The molecule has 7 heteroatoms. The summed E-state index contributed by atoms with van der Waals surface area (Å²) in [5.74, 6) is -1.78. The molecule has 0 aromatic heterocycles. The maximum absolute atomic E-state index is 12.1. The van der Waals surface area contributed by atoms with E-state index in [0.717, 1.165) is 4.31 Å². The fourth-order valence-corrected chi connectivity index (χ4v) is 3.08. The Morgan fingerprint density at radius 3 is 2.40 bits per heavy atom. The normalized spacial score (nSPS) is 13.1. The Labute approximate surface area is 118 Å². The van der Waals surface area contributed by atoms with E-state index in [-0.39, 0.29) is 12.3 Å². The number of carboxylic acid groups (broad SMARTS) is 1. The van der Waals surface area contributed by atoms with Gasteiger partial charge in [0.1, 0.15) is 6.04 Å². The van der Waals surface area contributed by atoms with Crippen LogP contribution in [0.15, 0.2) is 43.0 Å². The summed E-state index contributed by atoms with van der Waals surface area (Å²) in [7, 11) is -3.85. The standard InChI is InChI=1S/C13H17NO5S/c1-2-8-20(18,19)14(12(10-15)13(16)17)9-11-6-4-3-5-7-11/h2-7,12,15H,1,8-10H2,(H,16,17)/t12-/m1/s1. The first-order valence-electron chi connectivity index (χ1n) is 5.90. The van der Waals surface area contributed by atoms with Gasteiger partial charge in [0.15, 0.2) is 0 Å². The van der Waals surface area contributed by atoms with Crippen molar-refractivity contribution in [3.8, 4) is 0 Å². The molecule has 0 aliphatic heterocycles. The summed E-state index contributed by atoms with van der Waals surface area (Å²) in [6.45, 7) is 2.44. The smallest absolute Gasteiger partial charge is 0.324 e. The van der Waals surface area contributed by atoms with Gasteiger partial charge < -0.3 is 10.2 Å². The van der Waals surface area contributed by atoms with Crippen molar-refractivity contribution < 1.29 is 23.4 Å². The third kappa shape index (κ3) is 4.16. The summed E-state index contributed by atoms with van der Waals surface area (Å²) in [6, 6.07) is 7.08. The number of hydrogen-bond donors (Lipinski definition) is 2. The largest absolute Gasteiger partial charge is 0.480 e. The molecule has 1 aromatic rings. The number of benzene rings is 1. The molecule has 0 heterocycles. The van der Waals surface area contributed by atoms with Crippen LogP contribution >= 0.6 is 0 Å². The fourth-order valence-electron chi connectivity index (χ4n) is 1.70. The molecule has 1 atom stereocenters. The highest BCUT2D eigenvalue weighted by molar-refractivity contribution is 7.89. The monoisotopic (exact) mass is 299 g/mol. The molecule has 0 saturated carbocycles. The van der Waals surface area contributed by atoms with Gasteiger partial charge in [-0.05, 0) is 5.56 Å². The maximum Gasteiger partial charge on any atom is 0.324 e. The molecular formula is C13H17NO5S. The number of aliphatic carboxylic acids is 1. The molecule has 0 fully saturated rings. The lowest BCUT2D eigenvalue weighted by Gasteiger charge is -2.26. The SMILES string of the molecule is C=CCS(=O)(=O)N(Cc1ccccc1)[C@H](CO)C(=O)O. The molecule has 0 bridgehead atoms. The molecular weight excluding hydrogens is 282 g/mol. The van der Waals surface area contributed by atoms with Gasteiger partial charge in [-0.2, -0.15) is 4.31 Å². The van der Waals surface area contributed by atoms with Crippen LogP contribution in [0.25, 0.3) is 0 Å². The van der Waals surface area contributed by atoms with E-state index in [1.807, 2.05) is 0 Å². The van der Waals surface area contributed by atoms with Crippen LogP contribution in [-0.4, -0.2) is 47.3 Å². The lowest BCUT2D eigenvalue weighted by atomic mass is 10.2. The third-order valence-corrected chi connectivity index (χ3v) is 4.43. The Bertz CT molecular complexity index is 555. The zero-order valence-electron chi connectivity index (χ0n) is 10.8. The van der Waals surface area contributed by atoms with Crippen molar-refractivity contribution in [3.05, 3.63) is 48.6 Å². The van der Waals surface area contributed by atoms with Crippen LogP contribution < -0.4 is 0 Å². The average molecular weight is 299 g/mol. The zero-order chi connectivity index (χ0) is 15.2. The molecule has 1 aromatic carbocycles. The van der Waals surface area contributed by atoms with Crippen molar-refractivity contribution in [1.29, 1.82) is 0 Å². The number of rotatable bonds is 8. The molecule has 6 nitrogen and oxygen atoms in total. The van der Waals surface area contributed by atoms with Crippen molar-refractivity contribution in [2.75, 3.05) is 12.4 Å². The molecule has 0 spiro atoms. The molecule has 1 rings (SSSR count). The summed E-state index contributed by atoms with van der Waals surface area (Å²) in [4.78, 5) is 11.1. The third-order valence-electron chi connectivity index (χ3n) is 2.67. The minimum atomic E-state index is -3.85. The Morgan fingerprint density at radius 2 is 1.95 bits per heavy atom. The van der Waals surface area contributed by atoms with Crippen LogP contribution in [0.1, 0.15) is 5.56 Å². The van der Waals surface area contributed by atoms with Crippen LogP contribution in [0.5, 0.6) is 0 Å². The number of aliphatic hydroxyl groups excluding tert-OH is 1. The lowest BCUT2D eigenvalue weighted by molar-refractivity contribution is -0.142. The number of hydrogen-bond acceptors (Lipinski definition) is 4. The first-order chi connectivity index (χ1) is 9.42. The van der Waals surface area contributed by atoms with Crippen molar-refractivity contribution in [1.82, 2.24) is 4.31 Å². The highest BCUT2D eigenvalue weighted by atomic mass is 32.2. The van der Waals surface area contributed by atoms with Crippen LogP contribution in [0.3, 0.4) is 0 Å². The van der Waals surface area contributed by atoms with Gasteiger partial charge >= 0.3 is 5.97 Å². The molecule has 0 unspecified atom stereocenters. The van der Waals surface area contributed by atoms with Gasteiger partial charge in [0.2, 0.25) is 10.0 Å². The summed E-state index contributed by atoms with van der Waals surface area (Å²) in [5.41, 5.74) is 0.639. The first-order valence-corrected chi connectivity index (χ1v) is 7.51.